The molecule has 0 bridgehead atoms. The lowest BCUT2D eigenvalue weighted by molar-refractivity contribution is -0.142. The minimum atomic E-state index is -0.246. The zero-order valence-electron chi connectivity index (χ0n) is 22.4. The Bertz CT molecular complexity index is 581. The Morgan fingerprint density at radius 1 is 0.686 bits per heavy atom. The summed E-state index contributed by atoms with van der Waals surface area (Å²) < 4.78 is 14.2. The van der Waals surface area contributed by atoms with Crippen molar-refractivity contribution in [1.29, 1.82) is 0 Å². The number of carbonyl (C=O) groups excluding carboxylic acids is 3. The molecule has 0 aromatic heterocycles. The molecule has 0 aromatic carbocycles. The summed E-state index contributed by atoms with van der Waals surface area (Å²) in [6.45, 7) is 7.12. The van der Waals surface area contributed by atoms with Crippen LogP contribution >= 0.6 is 0 Å². The van der Waals surface area contributed by atoms with Crippen molar-refractivity contribution in [2.45, 2.75) is 57.4 Å². The van der Waals surface area contributed by atoms with Gasteiger partial charge in [0.1, 0.15) is 0 Å². The molecule has 0 heterocycles. The third-order valence-corrected chi connectivity index (χ3v) is 6.69. The Morgan fingerprint density at radius 2 is 1.23 bits per heavy atom. The van der Waals surface area contributed by atoms with Crippen LogP contribution in [0, 0.1) is 0 Å². The van der Waals surface area contributed by atoms with Crippen LogP contribution in [0.1, 0.15) is 51.4 Å². The molecule has 1 aliphatic rings. The molecule has 1 fully saturated rings. The minimum Gasteiger partial charge on any atom is -0.469 e. The van der Waals surface area contributed by atoms with Gasteiger partial charge in [-0.25, -0.2) is 0 Å². The van der Waals surface area contributed by atoms with Crippen LogP contribution in [-0.4, -0.2) is 126 Å². The second-order valence-corrected chi connectivity index (χ2v) is 9.20. The van der Waals surface area contributed by atoms with E-state index in [1.807, 2.05) is 0 Å². The minimum absolute atomic E-state index is 0.185. The van der Waals surface area contributed by atoms with Gasteiger partial charge in [0.25, 0.3) is 0 Å². The maximum absolute atomic E-state index is 11.6. The molecule has 0 aromatic rings. The van der Waals surface area contributed by atoms with E-state index in [1.165, 1.54) is 53.4 Å². The predicted molar refractivity (Wildman–Crippen MR) is 135 cm³/mol. The number of nitrogens with zero attached hydrogens (tertiary/aromatic N) is 3. The van der Waals surface area contributed by atoms with E-state index in [2.05, 4.69) is 27.1 Å². The quantitative estimate of drug-likeness (QED) is 0.158. The Morgan fingerprint density at radius 3 is 1.80 bits per heavy atom. The molecule has 0 saturated heterocycles. The number of nitrogens with one attached hydrogen (secondary N) is 1. The lowest BCUT2D eigenvalue weighted by Crippen LogP contribution is -2.45. The summed E-state index contributed by atoms with van der Waals surface area (Å²) >= 11 is 0. The monoisotopic (exact) mass is 500 g/mol. The average Bonchev–Trinajstić information content (AvgIpc) is 2.89. The number of hydrogen-bond acceptors (Lipinski definition) is 10. The Hall–Kier alpha value is -1.75. The van der Waals surface area contributed by atoms with E-state index < -0.39 is 0 Å². The van der Waals surface area contributed by atoms with E-state index in [1.54, 1.807) is 0 Å². The van der Waals surface area contributed by atoms with Gasteiger partial charge in [-0.15, -0.1) is 0 Å². The van der Waals surface area contributed by atoms with Crippen molar-refractivity contribution in [2.75, 3.05) is 87.3 Å². The van der Waals surface area contributed by atoms with E-state index in [9.17, 15) is 14.4 Å². The summed E-state index contributed by atoms with van der Waals surface area (Å²) in [6.07, 6.45) is 7.42. The maximum atomic E-state index is 11.6. The van der Waals surface area contributed by atoms with Gasteiger partial charge in [-0.3, -0.25) is 19.3 Å². The first-order chi connectivity index (χ1) is 16.9. The van der Waals surface area contributed by atoms with Crippen LogP contribution in [0.4, 0.5) is 0 Å². The van der Waals surface area contributed by atoms with E-state index in [-0.39, 0.29) is 17.9 Å². The van der Waals surface area contributed by atoms with E-state index in [0.717, 1.165) is 39.3 Å². The highest BCUT2D eigenvalue weighted by Crippen LogP contribution is 2.22. The van der Waals surface area contributed by atoms with Crippen molar-refractivity contribution in [2.24, 2.45) is 0 Å². The van der Waals surface area contributed by atoms with Crippen molar-refractivity contribution in [3.05, 3.63) is 0 Å². The van der Waals surface area contributed by atoms with Crippen LogP contribution < -0.4 is 5.32 Å². The van der Waals surface area contributed by atoms with Crippen molar-refractivity contribution in [1.82, 2.24) is 20.0 Å². The lowest BCUT2D eigenvalue weighted by atomic mass is 9.94. The number of ether oxygens (including phenoxy) is 3. The molecular formula is C25H48N4O6. The lowest BCUT2D eigenvalue weighted by Gasteiger charge is -2.35. The van der Waals surface area contributed by atoms with Crippen LogP contribution in [0.25, 0.3) is 0 Å². The Labute approximate surface area is 211 Å². The third-order valence-electron chi connectivity index (χ3n) is 6.69. The summed E-state index contributed by atoms with van der Waals surface area (Å²) in [5, 5.41) is 3.37. The first-order valence-electron chi connectivity index (χ1n) is 13.0. The van der Waals surface area contributed by atoms with Crippen LogP contribution in [-0.2, 0) is 28.6 Å². The van der Waals surface area contributed by atoms with Crippen molar-refractivity contribution in [3.8, 4) is 0 Å². The second-order valence-electron chi connectivity index (χ2n) is 9.20. The molecule has 0 atom stereocenters. The molecule has 10 nitrogen and oxygen atoms in total. The number of methoxy groups -OCH3 is 3. The van der Waals surface area contributed by atoms with Crippen molar-refractivity contribution < 1.29 is 28.6 Å². The third kappa shape index (κ3) is 15.1. The average molecular weight is 501 g/mol. The molecule has 1 N–H and O–H groups in total. The number of hydrogen-bond donors (Lipinski definition) is 1. The highest BCUT2D eigenvalue weighted by Gasteiger charge is 2.21. The van der Waals surface area contributed by atoms with Crippen molar-refractivity contribution in [3.63, 3.8) is 0 Å². The molecule has 0 unspecified atom stereocenters. The van der Waals surface area contributed by atoms with E-state index in [4.69, 9.17) is 14.2 Å². The molecule has 10 heteroatoms. The molecule has 0 aliphatic heterocycles. The summed E-state index contributed by atoms with van der Waals surface area (Å²) in [7, 11) is 6.32. The molecule has 0 radical (unpaired) electrons. The molecule has 0 amide bonds. The summed E-state index contributed by atoms with van der Waals surface area (Å²) in [5.74, 6) is -0.676. The van der Waals surface area contributed by atoms with Crippen LogP contribution in [0.15, 0.2) is 0 Å². The van der Waals surface area contributed by atoms with Gasteiger partial charge in [-0.1, -0.05) is 19.3 Å². The van der Waals surface area contributed by atoms with Gasteiger partial charge < -0.3 is 29.3 Å². The molecular weight excluding hydrogens is 452 g/mol. The molecule has 35 heavy (non-hydrogen) atoms. The summed E-state index contributed by atoms with van der Waals surface area (Å²) in [4.78, 5) is 41.5. The first kappa shape index (κ1) is 31.3. The number of likely N-dealkylation sites (N-methyl/N-ethyl adjacent to an activating group) is 1. The zero-order chi connectivity index (χ0) is 25.9. The summed E-state index contributed by atoms with van der Waals surface area (Å²) in [6, 6.07) is 0.621. The molecule has 1 rings (SSSR count). The van der Waals surface area contributed by atoms with Gasteiger partial charge in [-0.2, -0.15) is 0 Å². The van der Waals surface area contributed by atoms with E-state index >= 15 is 0 Å². The molecule has 1 saturated carbocycles. The van der Waals surface area contributed by atoms with Crippen LogP contribution in [0.3, 0.4) is 0 Å². The van der Waals surface area contributed by atoms with Gasteiger partial charge in [0, 0.05) is 64.9 Å². The maximum Gasteiger partial charge on any atom is 0.306 e. The molecule has 0 spiro atoms. The standard InChI is InChI=1S/C25H48N4O6/c1-27(18-20-28(15-11-24(31)34-3)16-12-25(32)35-4)19-21-29(22-8-6-5-7-9-22)17-14-26-13-10-23(30)33-2/h22,26H,5-21H2,1-4H3. The van der Waals surface area contributed by atoms with E-state index in [0.29, 0.717) is 44.9 Å². The first-order valence-corrected chi connectivity index (χ1v) is 13.0. The van der Waals surface area contributed by atoms with Gasteiger partial charge in [0.15, 0.2) is 0 Å². The smallest absolute Gasteiger partial charge is 0.306 e. The normalized spacial score (nSPS) is 14.5. The predicted octanol–water partition coefficient (Wildman–Crippen LogP) is 1.13. The van der Waals surface area contributed by atoms with Gasteiger partial charge in [0.05, 0.1) is 40.6 Å². The fraction of sp³-hybridized carbons (Fsp3) is 0.880. The van der Waals surface area contributed by atoms with Gasteiger partial charge in [-0.05, 0) is 19.9 Å². The molecule has 1 aliphatic carbocycles. The number of esters is 3. The highest BCUT2D eigenvalue weighted by atomic mass is 16.5. The SMILES string of the molecule is COC(=O)CCNCCN(CCN(C)CCN(CCC(=O)OC)CCC(=O)OC)C1CCCCC1. The molecule has 204 valence electrons. The largest absolute Gasteiger partial charge is 0.469 e. The van der Waals surface area contributed by atoms with Crippen LogP contribution in [0.2, 0.25) is 0 Å². The fourth-order valence-corrected chi connectivity index (χ4v) is 4.32. The van der Waals surface area contributed by atoms with Crippen LogP contribution in [0.5, 0.6) is 0 Å². The summed E-state index contributed by atoms with van der Waals surface area (Å²) in [5.41, 5.74) is 0. The van der Waals surface area contributed by atoms with Gasteiger partial charge >= 0.3 is 17.9 Å². The number of rotatable bonds is 19. The topological polar surface area (TPSA) is 101 Å². The zero-order valence-corrected chi connectivity index (χ0v) is 22.4. The van der Waals surface area contributed by atoms with Crippen molar-refractivity contribution >= 4 is 17.9 Å². The highest BCUT2D eigenvalue weighted by molar-refractivity contribution is 5.70. The number of carbonyl (C=O) groups is 3. The fourth-order valence-electron chi connectivity index (χ4n) is 4.32. The second kappa shape index (κ2) is 19.4. The Kier molecular flexibility index (Phi) is 17.4. The van der Waals surface area contributed by atoms with Gasteiger partial charge in [0.2, 0.25) is 0 Å². The Balaban J connectivity index is 2.48.